The molecule has 35 heavy (non-hydrogen) atoms. The Morgan fingerprint density at radius 3 is 2.71 bits per heavy atom. The molecule has 5 heterocycles. The van der Waals surface area contributed by atoms with Crippen molar-refractivity contribution in [3.8, 4) is 17.1 Å². The average Bonchev–Trinajstić information content (AvgIpc) is 3.44. The van der Waals surface area contributed by atoms with Gasteiger partial charge in [0.25, 0.3) is 5.56 Å². The third-order valence-electron chi connectivity index (χ3n) is 5.34. The van der Waals surface area contributed by atoms with Crippen molar-refractivity contribution in [3.63, 3.8) is 0 Å². The highest BCUT2D eigenvalue weighted by Crippen LogP contribution is 2.26. The Hall–Kier alpha value is -4.29. The minimum atomic E-state index is -4.53. The van der Waals surface area contributed by atoms with Gasteiger partial charge in [0.2, 0.25) is 0 Å². The summed E-state index contributed by atoms with van der Waals surface area (Å²) in [6.07, 6.45) is -0.378. The van der Waals surface area contributed by atoms with Gasteiger partial charge in [-0.2, -0.15) is 13.2 Å². The van der Waals surface area contributed by atoms with Crippen molar-refractivity contribution in [1.82, 2.24) is 29.3 Å². The van der Waals surface area contributed by atoms with Crippen LogP contribution in [0.4, 0.5) is 17.6 Å². The highest BCUT2D eigenvalue weighted by Gasteiger charge is 2.28. The summed E-state index contributed by atoms with van der Waals surface area (Å²) in [6, 6.07) is 4.90. The van der Waals surface area contributed by atoms with Gasteiger partial charge in [-0.05, 0) is 32.0 Å². The van der Waals surface area contributed by atoms with E-state index in [-0.39, 0.29) is 28.1 Å². The summed E-state index contributed by atoms with van der Waals surface area (Å²) < 4.78 is 64.9. The third kappa shape index (κ3) is 4.20. The number of halogens is 4. The smallest absolute Gasteiger partial charge is 0.422 e. The molecular weight excluding hydrogens is 472 g/mol. The monoisotopic (exact) mass is 488 g/mol. The molecule has 0 aliphatic carbocycles. The fourth-order valence-electron chi connectivity index (χ4n) is 3.68. The van der Waals surface area contributed by atoms with Gasteiger partial charge in [-0.15, -0.1) is 10.2 Å². The molecule has 0 fully saturated rings. The highest BCUT2D eigenvalue weighted by molar-refractivity contribution is 5.78. The van der Waals surface area contributed by atoms with Crippen LogP contribution in [0.15, 0.2) is 52.2 Å². The lowest BCUT2D eigenvalue weighted by Gasteiger charge is -2.15. The molecule has 5 aromatic rings. The Balaban J connectivity index is 1.57. The molecule has 0 amide bonds. The van der Waals surface area contributed by atoms with E-state index in [1.165, 1.54) is 33.4 Å². The highest BCUT2D eigenvalue weighted by atomic mass is 19.4. The number of pyridine rings is 3. The second-order valence-corrected chi connectivity index (χ2v) is 7.87. The van der Waals surface area contributed by atoms with Crippen LogP contribution in [0.2, 0.25) is 0 Å². The first-order valence-corrected chi connectivity index (χ1v) is 10.3. The Bertz CT molecular complexity index is 1620. The Morgan fingerprint density at radius 2 is 2.00 bits per heavy atom. The zero-order valence-corrected chi connectivity index (χ0v) is 18.2. The molecule has 0 radical (unpaired) electrons. The normalized spacial score (nSPS) is 13.0. The number of hydrogen-bond acceptors (Lipinski definition) is 7. The summed E-state index contributed by atoms with van der Waals surface area (Å²) in [5.41, 5.74) is 0.695. The van der Waals surface area contributed by atoms with Crippen LogP contribution in [0.1, 0.15) is 24.5 Å². The number of rotatable bonds is 5. The first kappa shape index (κ1) is 22.5. The number of aromatic nitrogens is 6. The summed E-state index contributed by atoms with van der Waals surface area (Å²) in [5, 5.41) is 11.8. The largest absolute Gasteiger partial charge is 0.482 e. The number of aryl methyl sites for hydroxylation is 1. The maximum Gasteiger partial charge on any atom is 0.422 e. The Kier molecular flexibility index (Phi) is 5.26. The van der Waals surface area contributed by atoms with Crippen LogP contribution in [0.3, 0.4) is 0 Å². The SMILES string of the molecule is Cc1cc(-c2cc(F)c3nnc([C@@H](C)n4ccc5ncc(OCC(F)(F)F)cc5c4=O)n3c2)on1. The summed E-state index contributed by atoms with van der Waals surface area (Å²) in [7, 11) is 0. The van der Waals surface area contributed by atoms with E-state index in [2.05, 4.69) is 20.3 Å². The molecule has 9 nitrogen and oxygen atoms in total. The van der Waals surface area contributed by atoms with Crippen molar-refractivity contribution in [3.05, 3.63) is 70.5 Å². The van der Waals surface area contributed by atoms with Gasteiger partial charge in [0.15, 0.2) is 29.7 Å². The summed E-state index contributed by atoms with van der Waals surface area (Å²) in [6.45, 7) is 1.88. The van der Waals surface area contributed by atoms with Gasteiger partial charge in [-0.1, -0.05) is 5.16 Å². The van der Waals surface area contributed by atoms with Gasteiger partial charge < -0.3 is 13.8 Å². The molecule has 0 saturated heterocycles. The average molecular weight is 488 g/mol. The molecule has 0 aliphatic rings. The first-order valence-electron chi connectivity index (χ1n) is 10.3. The fourth-order valence-corrected chi connectivity index (χ4v) is 3.68. The minimum Gasteiger partial charge on any atom is -0.482 e. The van der Waals surface area contributed by atoms with E-state index in [4.69, 9.17) is 9.26 Å². The molecule has 5 rings (SSSR count). The summed E-state index contributed by atoms with van der Waals surface area (Å²) in [5.74, 6) is -0.254. The Labute approximate surface area is 193 Å². The summed E-state index contributed by atoms with van der Waals surface area (Å²) >= 11 is 0. The minimum absolute atomic E-state index is 0.0508. The van der Waals surface area contributed by atoms with E-state index in [0.29, 0.717) is 17.0 Å². The van der Waals surface area contributed by atoms with Crippen molar-refractivity contribution in [2.24, 2.45) is 0 Å². The number of hydrogen-bond donors (Lipinski definition) is 0. The van der Waals surface area contributed by atoms with E-state index in [9.17, 15) is 22.4 Å². The van der Waals surface area contributed by atoms with Gasteiger partial charge in [0.1, 0.15) is 5.75 Å². The predicted molar refractivity (Wildman–Crippen MR) is 115 cm³/mol. The molecule has 5 aromatic heterocycles. The molecule has 0 N–H and O–H groups in total. The molecule has 1 atom stereocenters. The van der Waals surface area contributed by atoms with Crippen molar-refractivity contribution in [2.75, 3.05) is 6.61 Å². The number of nitrogens with zero attached hydrogens (tertiary/aromatic N) is 6. The lowest BCUT2D eigenvalue weighted by Crippen LogP contribution is -2.25. The molecule has 0 unspecified atom stereocenters. The van der Waals surface area contributed by atoms with Crippen molar-refractivity contribution >= 4 is 16.6 Å². The van der Waals surface area contributed by atoms with E-state index in [1.807, 2.05) is 0 Å². The maximum atomic E-state index is 14.8. The molecule has 0 aliphatic heterocycles. The van der Waals surface area contributed by atoms with Gasteiger partial charge in [0, 0.05) is 24.0 Å². The van der Waals surface area contributed by atoms with E-state index < -0.39 is 30.2 Å². The molecular formula is C22H16F4N6O3. The molecule has 180 valence electrons. The van der Waals surface area contributed by atoms with Crippen molar-refractivity contribution in [1.29, 1.82) is 0 Å². The summed E-state index contributed by atoms with van der Waals surface area (Å²) in [4.78, 5) is 17.2. The second-order valence-electron chi connectivity index (χ2n) is 7.87. The van der Waals surface area contributed by atoms with Crippen LogP contribution in [0.5, 0.6) is 5.75 Å². The van der Waals surface area contributed by atoms with Crippen LogP contribution in [-0.4, -0.2) is 42.1 Å². The lowest BCUT2D eigenvalue weighted by molar-refractivity contribution is -0.153. The van der Waals surface area contributed by atoms with Gasteiger partial charge in [-0.25, -0.2) is 4.39 Å². The van der Waals surface area contributed by atoms with Gasteiger partial charge in [0.05, 0.1) is 28.8 Å². The van der Waals surface area contributed by atoms with Gasteiger partial charge >= 0.3 is 6.18 Å². The number of fused-ring (bicyclic) bond motifs is 2. The molecule has 0 saturated carbocycles. The second kappa shape index (κ2) is 8.18. The van der Waals surface area contributed by atoms with Crippen molar-refractivity contribution < 1.29 is 26.8 Å². The number of ether oxygens (including phenoxy) is 1. The molecule has 0 aromatic carbocycles. The van der Waals surface area contributed by atoms with Gasteiger partial charge in [-0.3, -0.25) is 14.2 Å². The lowest BCUT2D eigenvalue weighted by atomic mass is 10.2. The fraction of sp³-hybridized carbons (Fsp3) is 0.227. The molecule has 13 heteroatoms. The van der Waals surface area contributed by atoms with Crippen LogP contribution in [0, 0.1) is 12.7 Å². The predicted octanol–water partition coefficient (Wildman–Crippen LogP) is 4.09. The molecule has 0 bridgehead atoms. The quantitative estimate of drug-likeness (QED) is 0.344. The molecule has 0 spiro atoms. The van der Waals surface area contributed by atoms with Crippen LogP contribution < -0.4 is 10.3 Å². The standard InChI is InChI=1S/C22H16F4N6O3/c1-11-5-18(35-30-11)13-6-16(23)20-29-28-19(32(20)9-13)12(2)31-4-3-17-15(21(31)33)7-14(8-27-17)34-10-22(24,25)26/h3-9,12H,10H2,1-2H3/t12-/m1/s1. The van der Waals surface area contributed by atoms with Crippen LogP contribution >= 0.6 is 0 Å². The zero-order chi connectivity index (χ0) is 24.9. The maximum absolute atomic E-state index is 14.8. The third-order valence-corrected chi connectivity index (χ3v) is 5.34. The van der Waals surface area contributed by atoms with Crippen LogP contribution in [0.25, 0.3) is 27.9 Å². The number of alkyl halides is 3. The van der Waals surface area contributed by atoms with E-state index in [1.54, 1.807) is 26.1 Å². The topological polar surface area (TPSA) is 100 Å². The first-order chi connectivity index (χ1) is 16.6. The van der Waals surface area contributed by atoms with E-state index in [0.717, 1.165) is 6.20 Å². The van der Waals surface area contributed by atoms with Crippen LogP contribution in [-0.2, 0) is 0 Å². The van der Waals surface area contributed by atoms with E-state index >= 15 is 0 Å². The van der Waals surface area contributed by atoms with Crippen molar-refractivity contribution in [2.45, 2.75) is 26.1 Å². The Morgan fingerprint density at radius 1 is 1.20 bits per heavy atom. The zero-order valence-electron chi connectivity index (χ0n) is 18.2.